The molecule has 0 spiro atoms. The van der Waals surface area contributed by atoms with Gasteiger partial charge in [-0.3, -0.25) is 9.59 Å². The number of aliphatic carboxylic acids is 1. The highest BCUT2D eigenvalue weighted by atomic mass is 32.1. The minimum absolute atomic E-state index is 0.00590. The molecule has 1 amide bonds. The number of carboxylic acids is 1. The molecule has 1 saturated heterocycles. The summed E-state index contributed by atoms with van der Waals surface area (Å²) >= 11 is 4.21. The van der Waals surface area contributed by atoms with E-state index in [0.29, 0.717) is 17.5 Å². The molecule has 2 unspecified atom stereocenters. The topological polar surface area (TPSA) is 94.9 Å². The Balaban J connectivity index is 1.96. The zero-order valence-corrected chi connectivity index (χ0v) is 16.9. The van der Waals surface area contributed by atoms with Gasteiger partial charge in [0, 0.05) is 16.9 Å². The maximum Gasteiger partial charge on any atom is 0.326 e. The highest BCUT2D eigenvalue weighted by Gasteiger charge is 2.45. The average Bonchev–Trinajstić information content (AvgIpc) is 3.14. The van der Waals surface area contributed by atoms with Gasteiger partial charge in [0.2, 0.25) is 5.91 Å². The summed E-state index contributed by atoms with van der Waals surface area (Å²) in [7, 11) is 0. The summed E-state index contributed by atoms with van der Waals surface area (Å²) < 4.78 is 0. The SMILES string of the molecule is Cc1ccc(C(=O)[C@H](CS)C(=O)N2C(C(=O)O)CCC2c2ccccc2O)cc1. The Morgan fingerprint density at radius 3 is 2.34 bits per heavy atom. The number of rotatable bonds is 6. The number of nitrogens with zero attached hydrogens (tertiary/aromatic N) is 1. The van der Waals surface area contributed by atoms with E-state index in [1.807, 2.05) is 6.92 Å². The summed E-state index contributed by atoms with van der Waals surface area (Å²) in [6.07, 6.45) is 0.635. The summed E-state index contributed by atoms with van der Waals surface area (Å²) in [6.45, 7) is 1.90. The van der Waals surface area contributed by atoms with E-state index in [0.717, 1.165) is 5.56 Å². The monoisotopic (exact) mass is 413 g/mol. The number of carbonyl (C=O) groups is 3. The Morgan fingerprint density at radius 2 is 1.76 bits per heavy atom. The molecule has 1 aliphatic rings. The van der Waals surface area contributed by atoms with E-state index >= 15 is 0 Å². The lowest BCUT2D eigenvalue weighted by Gasteiger charge is -2.31. The van der Waals surface area contributed by atoms with E-state index in [1.165, 1.54) is 11.0 Å². The highest BCUT2D eigenvalue weighted by molar-refractivity contribution is 7.80. The third-order valence-electron chi connectivity index (χ3n) is 5.35. The fraction of sp³-hybridized carbons (Fsp3) is 0.318. The second-order valence-electron chi connectivity index (χ2n) is 7.22. The summed E-state index contributed by atoms with van der Waals surface area (Å²) in [6, 6.07) is 11.8. The molecule has 2 aromatic carbocycles. The fourth-order valence-corrected chi connectivity index (χ4v) is 4.13. The molecule has 2 N–H and O–H groups in total. The molecule has 0 bridgehead atoms. The lowest BCUT2D eigenvalue weighted by molar-refractivity contribution is -0.150. The van der Waals surface area contributed by atoms with Crippen LogP contribution < -0.4 is 0 Å². The number of para-hydroxylation sites is 1. The molecule has 0 aromatic heterocycles. The number of aryl methyl sites for hydroxylation is 1. The first-order chi connectivity index (χ1) is 13.8. The Morgan fingerprint density at radius 1 is 1.10 bits per heavy atom. The van der Waals surface area contributed by atoms with Gasteiger partial charge >= 0.3 is 5.97 Å². The molecule has 6 nitrogen and oxygen atoms in total. The fourth-order valence-electron chi connectivity index (χ4n) is 3.81. The smallest absolute Gasteiger partial charge is 0.326 e. The van der Waals surface area contributed by atoms with Crippen molar-refractivity contribution < 1.29 is 24.6 Å². The second kappa shape index (κ2) is 8.69. The standard InChI is InChI=1S/C22H23NO5S/c1-13-6-8-14(9-7-13)20(25)16(12-29)21(26)23-17(10-11-18(23)22(27)28)15-4-2-3-5-19(15)24/h2-9,16-18,24,29H,10-12H2,1H3,(H,27,28)/t16-,17?,18?/m0/s1. The molecule has 1 aliphatic heterocycles. The number of thiol groups is 1. The number of carbonyl (C=O) groups excluding carboxylic acids is 2. The third-order valence-corrected chi connectivity index (χ3v) is 5.72. The van der Waals surface area contributed by atoms with E-state index in [1.54, 1.807) is 42.5 Å². The number of carboxylic acid groups (broad SMARTS) is 1. The van der Waals surface area contributed by atoms with Crippen LogP contribution in [0.1, 0.15) is 40.4 Å². The first-order valence-corrected chi connectivity index (χ1v) is 10.0. The number of likely N-dealkylation sites (tertiary alicyclic amines) is 1. The zero-order valence-electron chi connectivity index (χ0n) is 16.0. The van der Waals surface area contributed by atoms with Crippen LogP contribution in [0.25, 0.3) is 0 Å². The Labute approximate surface area is 174 Å². The number of ketones is 1. The molecule has 0 radical (unpaired) electrons. The van der Waals surface area contributed by atoms with Gasteiger partial charge in [-0.25, -0.2) is 4.79 Å². The van der Waals surface area contributed by atoms with Crippen molar-refractivity contribution in [1.29, 1.82) is 0 Å². The lowest BCUT2D eigenvalue weighted by Crippen LogP contribution is -2.47. The predicted octanol–water partition coefficient (Wildman–Crippen LogP) is 3.25. The minimum Gasteiger partial charge on any atom is -0.508 e. The van der Waals surface area contributed by atoms with Crippen LogP contribution >= 0.6 is 12.6 Å². The van der Waals surface area contributed by atoms with Crippen LogP contribution in [0.5, 0.6) is 5.75 Å². The number of amides is 1. The van der Waals surface area contributed by atoms with Gasteiger partial charge in [-0.05, 0) is 25.8 Å². The summed E-state index contributed by atoms with van der Waals surface area (Å²) in [4.78, 5) is 39.4. The maximum atomic E-state index is 13.4. The summed E-state index contributed by atoms with van der Waals surface area (Å²) in [5.41, 5.74) is 1.85. The molecule has 152 valence electrons. The molecule has 7 heteroatoms. The Kier molecular flexibility index (Phi) is 6.27. The van der Waals surface area contributed by atoms with Crippen molar-refractivity contribution in [2.24, 2.45) is 5.92 Å². The second-order valence-corrected chi connectivity index (χ2v) is 7.58. The molecule has 0 saturated carbocycles. The number of Topliss-reactive ketones (excluding diaryl/α,β-unsaturated/α-hetero) is 1. The van der Waals surface area contributed by atoms with Crippen LogP contribution in [0.3, 0.4) is 0 Å². The predicted molar refractivity (Wildman–Crippen MR) is 111 cm³/mol. The maximum absolute atomic E-state index is 13.4. The summed E-state index contributed by atoms with van der Waals surface area (Å²) in [5, 5.41) is 19.9. The first-order valence-electron chi connectivity index (χ1n) is 9.39. The van der Waals surface area contributed by atoms with Gasteiger partial charge in [0.15, 0.2) is 5.78 Å². The van der Waals surface area contributed by atoms with Gasteiger partial charge in [0.25, 0.3) is 0 Å². The molecule has 3 atom stereocenters. The van der Waals surface area contributed by atoms with Crippen LogP contribution in [0.15, 0.2) is 48.5 Å². The minimum atomic E-state index is -1.13. The van der Waals surface area contributed by atoms with Gasteiger partial charge < -0.3 is 15.1 Å². The van der Waals surface area contributed by atoms with Crippen molar-refractivity contribution in [3.8, 4) is 5.75 Å². The molecule has 0 aliphatic carbocycles. The van der Waals surface area contributed by atoms with E-state index < -0.39 is 35.7 Å². The molecule has 3 rings (SSSR count). The van der Waals surface area contributed by atoms with Crippen molar-refractivity contribution in [2.75, 3.05) is 5.75 Å². The first kappa shape index (κ1) is 20.9. The summed E-state index contributed by atoms with van der Waals surface area (Å²) in [5.74, 6) is -3.25. The van der Waals surface area contributed by atoms with E-state index in [-0.39, 0.29) is 17.9 Å². The molecular formula is C22H23NO5S. The number of benzene rings is 2. The molecular weight excluding hydrogens is 390 g/mol. The molecule has 2 aromatic rings. The number of phenolic OH excluding ortho intramolecular Hbond substituents is 1. The van der Waals surface area contributed by atoms with Crippen molar-refractivity contribution in [3.63, 3.8) is 0 Å². The highest BCUT2D eigenvalue weighted by Crippen LogP contribution is 2.41. The molecule has 29 heavy (non-hydrogen) atoms. The van der Waals surface area contributed by atoms with Crippen molar-refractivity contribution in [2.45, 2.75) is 31.8 Å². The van der Waals surface area contributed by atoms with Crippen molar-refractivity contribution >= 4 is 30.3 Å². The number of aromatic hydroxyl groups is 1. The largest absolute Gasteiger partial charge is 0.508 e. The van der Waals surface area contributed by atoms with Gasteiger partial charge in [0.1, 0.15) is 17.7 Å². The molecule has 1 heterocycles. The van der Waals surface area contributed by atoms with Gasteiger partial charge in [-0.15, -0.1) is 0 Å². The van der Waals surface area contributed by atoms with Crippen molar-refractivity contribution in [1.82, 2.24) is 4.90 Å². The van der Waals surface area contributed by atoms with Crippen LogP contribution in [0, 0.1) is 12.8 Å². The zero-order chi connectivity index (χ0) is 21.1. The Bertz CT molecular complexity index is 927. The van der Waals surface area contributed by atoms with E-state index in [4.69, 9.17) is 0 Å². The molecule has 1 fully saturated rings. The number of hydrogen-bond acceptors (Lipinski definition) is 5. The normalized spacial score (nSPS) is 19.7. The van der Waals surface area contributed by atoms with Gasteiger partial charge in [-0.2, -0.15) is 12.6 Å². The van der Waals surface area contributed by atoms with Gasteiger partial charge in [0.05, 0.1) is 6.04 Å². The van der Waals surface area contributed by atoms with Gasteiger partial charge in [-0.1, -0.05) is 48.0 Å². The van der Waals surface area contributed by atoms with Crippen LogP contribution in [-0.4, -0.2) is 44.6 Å². The number of hydrogen-bond donors (Lipinski definition) is 3. The van der Waals surface area contributed by atoms with Crippen LogP contribution in [-0.2, 0) is 9.59 Å². The quantitative estimate of drug-likeness (QED) is 0.384. The average molecular weight is 413 g/mol. The van der Waals surface area contributed by atoms with Crippen LogP contribution in [0.4, 0.5) is 0 Å². The lowest BCUT2D eigenvalue weighted by atomic mass is 9.95. The van der Waals surface area contributed by atoms with E-state index in [9.17, 15) is 24.6 Å². The number of phenols is 1. The Hall–Kier alpha value is -2.80. The van der Waals surface area contributed by atoms with E-state index in [2.05, 4.69) is 12.6 Å². The third kappa shape index (κ3) is 4.15. The van der Waals surface area contributed by atoms with Crippen molar-refractivity contribution in [3.05, 3.63) is 65.2 Å². The van der Waals surface area contributed by atoms with Crippen LogP contribution in [0.2, 0.25) is 0 Å².